The molecule has 2 N–H and O–H groups in total. The molecule has 0 aliphatic heterocycles. The van der Waals surface area contributed by atoms with E-state index >= 15 is 0 Å². The molecule has 0 radical (unpaired) electrons. The smallest absolute Gasteiger partial charge is 0.146 e. The fraction of sp³-hybridized carbons (Fsp3) is 0.375. The summed E-state index contributed by atoms with van der Waals surface area (Å²) >= 11 is 1.73. The van der Waals surface area contributed by atoms with E-state index in [1.54, 1.807) is 17.4 Å². The highest BCUT2D eigenvalue weighted by atomic mass is 32.1. The SMILES string of the molecule is CC(Cc1cccs1)N(C)c1c(F)cccc1[C@@H](C)N. The van der Waals surface area contributed by atoms with Crippen molar-refractivity contribution in [1.82, 2.24) is 0 Å². The average Bonchev–Trinajstić information content (AvgIpc) is 2.90. The van der Waals surface area contributed by atoms with E-state index in [-0.39, 0.29) is 17.9 Å². The monoisotopic (exact) mass is 292 g/mol. The predicted octanol–water partition coefficient (Wildman–Crippen LogP) is 3.97. The van der Waals surface area contributed by atoms with Crippen molar-refractivity contribution in [2.45, 2.75) is 32.4 Å². The molecule has 0 fully saturated rings. The minimum atomic E-state index is -0.208. The molecule has 0 saturated heterocycles. The average molecular weight is 292 g/mol. The molecular formula is C16H21FN2S. The van der Waals surface area contributed by atoms with Crippen LogP contribution in [0.25, 0.3) is 0 Å². The number of nitrogens with zero attached hydrogens (tertiary/aromatic N) is 1. The van der Waals surface area contributed by atoms with E-state index in [2.05, 4.69) is 18.4 Å². The number of nitrogens with two attached hydrogens (primary N) is 1. The molecule has 0 bridgehead atoms. The third-order valence-corrected chi connectivity index (χ3v) is 4.50. The van der Waals surface area contributed by atoms with E-state index < -0.39 is 0 Å². The highest BCUT2D eigenvalue weighted by Gasteiger charge is 2.19. The second-order valence-corrected chi connectivity index (χ2v) is 6.24. The van der Waals surface area contributed by atoms with Crippen LogP contribution in [0.2, 0.25) is 0 Å². The van der Waals surface area contributed by atoms with Crippen molar-refractivity contribution in [3.05, 3.63) is 52.0 Å². The normalized spacial score (nSPS) is 14.1. The first-order chi connectivity index (χ1) is 9.50. The number of hydrogen-bond acceptors (Lipinski definition) is 3. The van der Waals surface area contributed by atoms with Crippen LogP contribution in [0, 0.1) is 5.82 Å². The van der Waals surface area contributed by atoms with Crippen molar-refractivity contribution >= 4 is 17.0 Å². The molecule has 1 aromatic heterocycles. The molecule has 20 heavy (non-hydrogen) atoms. The fourth-order valence-electron chi connectivity index (χ4n) is 2.35. The fourth-order valence-corrected chi connectivity index (χ4v) is 3.18. The molecule has 0 aliphatic carbocycles. The van der Waals surface area contributed by atoms with Gasteiger partial charge in [0.25, 0.3) is 0 Å². The summed E-state index contributed by atoms with van der Waals surface area (Å²) in [4.78, 5) is 3.30. The van der Waals surface area contributed by atoms with Crippen LogP contribution in [-0.4, -0.2) is 13.1 Å². The maximum atomic E-state index is 14.2. The Labute approximate surface area is 124 Å². The molecule has 108 valence electrons. The molecule has 0 saturated carbocycles. The number of thiophene rings is 1. The number of likely N-dealkylation sites (N-methyl/N-ethyl adjacent to an activating group) is 1. The zero-order valence-electron chi connectivity index (χ0n) is 12.1. The molecule has 2 rings (SSSR count). The van der Waals surface area contributed by atoms with Crippen molar-refractivity contribution in [2.24, 2.45) is 5.73 Å². The first-order valence-corrected chi connectivity index (χ1v) is 7.68. The summed E-state index contributed by atoms with van der Waals surface area (Å²) in [5.41, 5.74) is 7.44. The van der Waals surface area contributed by atoms with Gasteiger partial charge in [-0.2, -0.15) is 0 Å². The van der Waals surface area contributed by atoms with Gasteiger partial charge < -0.3 is 10.6 Å². The summed E-state index contributed by atoms with van der Waals surface area (Å²) in [6.45, 7) is 3.99. The first kappa shape index (κ1) is 15.0. The molecule has 4 heteroatoms. The molecule has 2 aromatic rings. The largest absolute Gasteiger partial charge is 0.369 e. The van der Waals surface area contributed by atoms with Crippen molar-refractivity contribution in [3.63, 3.8) is 0 Å². The van der Waals surface area contributed by atoms with Crippen molar-refractivity contribution in [2.75, 3.05) is 11.9 Å². The molecule has 1 heterocycles. The highest BCUT2D eigenvalue weighted by Crippen LogP contribution is 2.29. The zero-order chi connectivity index (χ0) is 14.7. The van der Waals surface area contributed by atoms with Gasteiger partial charge in [-0.25, -0.2) is 4.39 Å². The van der Waals surface area contributed by atoms with Crippen LogP contribution in [0.4, 0.5) is 10.1 Å². The van der Waals surface area contributed by atoms with Crippen LogP contribution in [0.1, 0.15) is 30.3 Å². The van der Waals surface area contributed by atoms with E-state index in [1.807, 2.05) is 31.0 Å². The zero-order valence-corrected chi connectivity index (χ0v) is 13.0. The van der Waals surface area contributed by atoms with Gasteiger partial charge in [-0.05, 0) is 36.9 Å². The Morgan fingerprint density at radius 2 is 2.00 bits per heavy atom. The van der Waals surface area contributed by atoms with Gasteiger partial charge in [0, 0.05) is 30.4 Å². The van der Waals surface area contributed by atoms with Crippen LogP contribution in [-0.2, 0) is 6.42 Å². The third-order valence-electron chi connectivity index (χ3n) is 3.60. The summed E-state index contributed by atoms with van der Waals surface area (Å²) in [6, 6.07) is 9.30. The Morgan fingerprint density at radius 3 is 2.60 bits per heavy atom. The van der Waals surface area contributed by atoms with E-state index in [0.717, 1.165) is 12.0 Å². The van der Waals surface area contributed by atoms with Gasteiger partial charge in [0.1, 0.15) is 5.82 Å². The summed E-state index contributed by atoms with van der Waals surface area (Å²) in [6.07, 6.45) is 0.904. The number of para-hydroxylation sites is 1. The number of benzene rings is 1. The molecule has 2 nitrogen and oxygen atoms in total. The number of anilines is 1. The lowest BCUT2D eigenvalue weighted by Gasteiger charge is -2.30. The van der Waals surface area contributed by atoms with E-state index in [4.69, 9.17) is 5.73 Å². The Kier molecular flexibility index (Phi) is 4.78. The van der Waals surface area contributed by atoms with Gasteiger partial charge in [0.2, 0.25) is 0 Å². The minimum Gasteiger partial charge on any atom is -0.369 e. The quantitative estimate of drug-likeness (QED) is 0.903. The van der Waals surface area contributed by atoms with E-state index in [9.17, 15) is 4.39 Å². The van der Waals surface area contributed by atoms with E-state index in [0.29, 0.717) is 5.69 Å². The number of rotatable bonds is 5. The lowest BCUT2D eigenvalue weighted by atomic mass is 10.0. The van der Waals surface area contributed by atoms with Crippen molar-refractivity contribution in [3.8, 4) is 0 Å². The third kappa shape index (κ3) is 3.19. The van der Waals surface area contributed by atoms with Crippen molar-refractivity contribution < 1.29 is 4.39 Å². The van der Waals surface area contributed by atoms with Gasteiger partial charge in [0.15, 0.2) is 0 Å². The van der Waals surface area contributed by atoms with E-state index in [1.165, 1.54) is 10.9 Å². The van der Waals surface area contributed by atoms with Crippen LogP contribution in [0.3, 0.4) is 0 Å². The topological polar surface area (TPSA) is 29.3 Å². The second-order valence-electron chi connectivity index (χ2n) is 5.21. The van der Waals surface area contributed by atoms with Gasteiger partial charge in [-0.15, -0.1) is 11.3 Å². The summed E-state index contributed by atoms with van der Waals surface area (Å²) in [7, 11) is 1.93. The molecule has 2 atom stereocenters. The maximum absolute atomic E-state index is 14.2. The summed E-state index contributed by atoms with van der Waals surface area (Å²) in [5.74, 6) is -0.208. The maximum Gasteiger partial charge on any atom is 0.146 e. The summed E-state index contributed by atoms with van der Waals surface area (Å²) in [5, 5.41) is 2.07. The van der Waals surface area contributed by atoms with Crippen LogP contribution < -0.4 is 10.6 Å². The summed E-state index contributed by atoms with van der Waals surface area (Å²) < 4.78 is 14.2. The highest BCUT2D eigenvalue weighted by molar-refractivity contribution is 7.09. The Hall–Kier alpha value is -1.39. The molecule has 0 amide bonds. The predicted molar refractivity (Wildman–Crippen MR) is 84.9 cm³/mol. The van der Waals surface area contributed by atoms with Crippen LogP contribution in [0.5, 0.6) is 0 Å². The van der Waals surface area contributed by atoms with Crippen molar-refractivity contribution in [1.29, 1.82) is 0 Å². The second kappa shape index (κ2) is 6.37. The number of halogens is 1. The Bertz CT molecular complexity index is 552. The molecule has 1 unspecified atom stereocenters. The lowest BCUT2D eigenvalue weighted by molar-refractivity contribution is 0.597. The Balaban J connectivity index is 2.26. The molecular weight excluding hydrogens is 271 g/mol. The Morgan fingerprint density at radius 1 is 1.25 bits per heavy atom. The molecule has 0 aliphatic rings. The molecule has 0 spiro atoms. The van der Waals surface area contributed by atoms with Gasteiger partial charge in [-0.1, -0.05) is 18.2 Å². The standard InChI is InChI=1S/C16H21FN2S/c1-11(10-13-6-5-9-20-13)19(3)16-14(12(2)18)7-4-8-15(16)17/h4-9,11-12H,10,18H2,1-3H3/t11?,12-/m1/s1. The first-order valence-electron chi connectivity index (χ1n) is 6.80. The lowest BCUT2D eigenvalue weighted by Crippen LogP contribution is -2.32. The number of hydrogen-bond donors (Lipinski definition) is 1. The van der Waals surface area contributed by atoms with Gasteiger partial charge >= 0.3 is 0 Å². The molecule has 1 aromatic carbocycles. The van der Waals surface area contributed by atoms with Gasteiger partial charge in [-0.3, -0.25) is 0 Å². The minimum absolute atomic E-state index is 0.183. The van der Waals surface area contributed by atoms with Crippen LogP contribution in [0.15, 0.2) is 35.7 Å². The van der Waals surface area contributed by atoms with Crippen LogP contribution >= 0.6 is 11.3 Å². The van der Waals surface area contributed by atoms with Gasteiger partial charge in [0.05, 0.1) is 5.69 Å².